The van der Waals surface area contributed by atoms with Crippen molar-refractivity contribution in [1.29, 1.82) is 0 Å². The van der Waals surface area contributed by atoms with Crippen molar-refractivity contribution in [3.8, 4) is 0 Å². The van der Waals surface area contributed by atoms with Crippen LogP contribution in [0.25, 0.3) is 11.0 Å². The lowest BCUT2D eigenvalue weighted by atomic mass is 10.2. The lowest BCUT2D eigenvalue weighted by Crippen LogP contribution is -2.02. The van der Waals surface area contributed by atoms with E-state index in [2.05, 4.69) is 4.98 Å². The van der Waals surface area contributed by atoms with E-state index in [-0.39, 0.29) is 11.0 Å². The summed E-state index contributed by atoms with van der Waals surface area (Å²) in [4.78, 5) is 3.65. The van der Waals surface area contributed by atoms with Crippen molar-refractivity contribution in [3.05, 3.63) is 30.3 Å². The Hall–Kier alpha value is -1.52. The van der Waals surface area contributed by atoms with Gasteiger partial charge in [-0.1, -0.05) is 0 Å². The molecular formula is C8H4F3NO. The average molecular weight is 187 g/mol. The molecule has 13 heavy (non-hydrogen) atoms. The first kappa shape index (κ1) is 8.10. The second-order valence-corrected chi connectivity index (χ2v) is 2.52. The van der Waals surface area contributed by atoms with Gasteiger partial charge in [-0.3, -0.25) is 4.98 Å². The molecule has 0 aliphatic rings. The number of rotatable bonds is 0. The van der Waals surface area contributed by atoms with Crippen LogP contribution in [0.3, 0.4) is 0 Å². The van der Waals surface area contributed by atoms with Crippen LogP contribution in [0.1, 0.15) is 5.56 Å². The van der Waals surface area contributed by atoms with Gasteiger partial charge in [-0.2, -0.15) is 13.2 Å². The van der Waals surface area contributed by atoms with Crippen molar-refractivity contribution < 1.29 is 17.6 Å². The number of hydrogen-bond acceptors (Lipinski definition) is 2. The maximum absolute atomic E-state index is 12.3. The third-order valence-electron chi connectivity index (χ3n) is 1.68. The summed E-state index contributed by atoms with van der Waals surface area (Å²) in [5.41, 5.74) is -0.611. The standard InChI is InChI=1S/C8H4F3NO/c9-8(10,11)6-4-13-7-3-12-2-1-5(6)7/h1-4H. The van der Waals surface area contributed by atoms with Gasteiger partial charge in [-0.05, 0) is 6.07 Å². The first-order valence-corrected chi connectivity index (χ1v) is 3.47. The molecule has 0 bridgehead atoms. The van der Waals surface area contributed by atoms with E-state index in [0.29, 0.717) is 6.26 Å². The summed E-state index contributed by atoms with van der Waals surface area (Å²) >= 11 is 0. The van der Waals surface area contributed by atoms with Crippen LogP contribution in [0.2, 0.25) is 0 Å². The lowest BCUT2D eigenvalue weighted by Gasteiger charge is -2.01. The molecule has 2 aromatic rings. The van der Waals surface area contributed by atoms with Gasteiger partial charge in [0.1, 0.15) is 11.8 Å². The zero-order valence-electron chi connectivity index (χ0n) is 6.30. The Morgan fingerprint density at radius 2 is 2.08 bits per heavy atom. The fourth-order valence-electron chi connectivity index (χ4n) is 1.10. The van der Waals surface area contributed by atoms with Gasteiger partial charge >= 0.3 is 6.18 Å². The molecule has 5 heteroatoms. The van der Waals surface area contributed by atoms with E-state index in [1.165, 1.54) is 18.5 Å². The van der Waals surface area contributed by atoms with E-state index < -0.39 is 11.7 Å². The van der Waals surface area contributed by atoms with E-state index >= 15 is 0 Å². The SMILES string of the molecule is FC(F)(F)c1coc2cnccc12. The van der Waals surface area contributed by atoms with Gasteiger partial charge < -0.3 is 4.42 Å². The van der Waals surface area contributed by atoms with Crippen LogP contribution < -0.4 is 0 Å². The van der Waals surface area contributed by atoms with Gasteiger partial charge in [0.25, 0.3) is 0 Å². The Kier molecular flexibility index (Phi) is 1.55. The molecule has 2 nitrogen and oxygen atoms in total. The molecule has 0 atom stereocenters. The predicted molar refractivity (Wildman–Crippen MR) is 39.0 cm³/mol. The highest BCUT2D eigenvalue weighted by atomic mass is 19.4. The second-order valence-electron chi connectivity index (χ2n) is 2.52. The van der Waals surface area contributed by atoms with Crippen molar-refractivity contribution in [1.82, 2.24) is 4.98 Å². The minimum Gasteiger partial charge on any atom is -0.462 e. The normalized spacial score (nSPS) is 12.2. The first-order valence-electron chi connectivity index (χ1n) is 3.47. The number of pyridine rings is 1. The van der Waals surface area contributed by atoms with E-state index in [1.54, 1.807) is 0 Å². The molecule has 68 valence electrons. The number of halogens is 3. The van der Waals surface area contributed by atoms with Gasteiger partial charge in [-0.15, -0.1) is 0 Å². The number of hydrogen-bond donors (Lipinski definition) is 0. The molecule has 2 aromatic heterocycles. The topological polar surface area (TPSA) is 26.0 Å². The summed E-state index contributed by atoms with van der Waals surface area (Å²) < 4.78 is 41.5. The Morgan fingerprint density at radius 1 is 1.31 bits per heavy atom. The van der Waals surface area contributed by atoms with Crippen molar-refractivity contribution in [2.75, 3.05) is 0 Å². The van der Waals surface area contributed by atoms with Gasteiger partial charge in [0.15, 0.2) is 5.58 Å². The Balaban J connectivity index is 2.72. The van der Waals surface area contributed by atoms with Crippen LogP contribution in [0.5, 0.6) is 0 Å². The molecule has 0 unspecified atom stereocenters. The first-order chi connectivity index (χ1) is 6.09. The minimum atomic E-state index is -4.37. The van der Waals surface area contributed by atoms with Crippen LogP contribution in [0, 0.1) is 0 Å². The zero-order valence-corrected chi connectivity index (χ0v) is 6.30. The molecule has 0 aliphatic heterocycles. The molecule has 0 aliphatic carbocycles. The third kappa shape index (κ3) is 1.26. The van der Waals surface area contributed by atoms with Crippen molar-refractivity contribution in [3.63, 3.8) is 0 Å². The predicted octanol–water partition coefficient (Wildman–Crippen LogP) is 2.85. The van der Waals surface area contributed by atoms with E-state index in [9.17, 15) is 13.2 Å². The third-order valence-corrected chi connectivity index (χ3v) is 1.68. The monoisotopic (exact) mass is 187 g/mol. The van der Waals surface area contributed by atoms with E-state index in [0.717, 1.165) is 0 Å². The van der Waals surface area contributed by atoms with Crippen molar-refractivity contribution in [2.24, 2.45) is 0 Å². The van der Waals surface area contributed by atoms with Gasteiger partial charge in [-0.25, -0.2) is 0 Å². The zero-order chi connectivity index (χ0) is 9.47. The molecule has 2 heterocycles. The summed E-state index contributed by atoms with van der Waals surface area (Å²) in [6, 6.07) is 1.28. The Morgan fingerprint density at radius 3 is 2.77 bits per heavy atom. The van der Waals surface area contributed by atoms with Gasteiger partial charge in [0, 0.05) is 11.6 Å². The maximum Gasteiger partial charge on any atom is 0.420 e. The maximum atomic E-state index is 12.3. The molecule has 0 saturated carbocycles. The lowest BCUT2D eigenvalue weighted by molar-refractivity contribution is -0.136. The second kappa shape index (κ2) is 2.48. The number of fused-ring (bicyclic) bond motifs is 1. The number of furan rings is 1. The summed E-state index contributed by atoms with van der Waals surface area (Å²) in [5.74, 6) is 0. The summed E-state index contributed by atoms with van der Waals surface area (Å²) in [7, 11) is 0. The largest absolute Gasteiger partial charge is 0.462 e. The summed E-state index contributed by atoms with van der Waals surface area (Å²) in [5, 5.41) is 0.0440. The van der Waals surface area contributed by atoms with Crippen LogP contribution in [-0.2, 0) is 6.18 Å². The molecule has 0 saturated heterocycles. The molecule has 0 amide bonds. The fourth-order valence-corrected chi connectivity index (χ4v) is 1.10. The van der Waals surface area contributed by atoms with Crippen molar-refractivity contribution in [2.45, 2.75) is 6.18 Å². The number of aromatic nitrogens is 1. The van der Waals surface area contributed by atoms with Crippen LogP contribution in [-0.4, -0.2) is 4.98 Å². The molecule has 0 fully saturated rings. The average Bonchev–Trinajstić information content (AvgIpc) is 2.45. The van der Waals surface area contributed by atoms with E-state index in [1.807, 2.05) is 0 Å². The van der Waals surface area contributed by atoms with Crippen LogP contribution >= 0.6 is 0 Å². The fraction of sp³-hybridized carbons (Fsp3) is 0.125. The molecule has 0 spiro atoms. The van der Waals surface area contributed by atoms with Crippen LogP contribution in [0.4, 0.5) is 13.2 Å². The van der Waals surface area contributed by atoms with E-state index in [4.69, 9.17) is 4.42 Å². The quantitative estimate of drug-likeness (QED) is 0.633. The molecule has 0 radical (unpaired) electrons. The molecular weight excluding hydrogens is 183 g/mol. The van der Waals surface area contributed by atoms with Gasteiger partial charge in [0.05, 0.1) is 6.20 Å². The molecule has 0 N–H and O–H groups in total. The smallest absolute Gasteiger partial charge is 0.420 e. The highest BCUT2D eigenvalue weighted by Crippen LogP contribution is 2.35. The summed E-state index contributed by atoms with van der Waals surface area (Å²) in [6.07, 6.45) is -1.11. The van der Waals surface area contributed by atoms with Crippen LogP contribution in [0.15, 0.2) is 29.1 Å². The van der Waals surface area contributed by atoms with Crippen molar-refractivity contribution >= 4 is 11.0 Å². The molecule has 2 rings (SSSR count). The van der Waals surface area contributed by atoms with Gasteiger partial charge in [0.2, 0.25) is 0 Å². The molecule has 0 aromatic carbocycles. The Bertz CT molecular complexity index is 432. The Labute approximate surface area is 71.0 Å². The summed E-state index contributed by atoms with van der Waals surface area (Å²) in [6.45, 7) is 0. The highest BCUT2D eigenvalue weighted by molar-refractivity contribution is 5.80. The minimum absolute atomic E-state index is 0.0440. The number of alkyl halides is 3. The highest BCUT2D eigenvalue weighted by Gasteiger charge is 2.34. The number of nitrogens with zero attached hydrogens (tertiary/aromatic N) is 1.